The zero-order chi connectivity index (χ0) is 25.2. The molecule has 0 atom stereocenters. The van der Waals surface area contributed by atoms with Crippen LogP contribution in [0, 0.1) is 11.3 Å². The minimum atomic E-state index is -0.604. The summed E-state index contributed by atoms with van der Waals surface area (Å²) in [4.78, 5) is 25.8. The summed E-state index contributed by atoms with van der Waals surface area (Å²) in [7, 11) is 4.43. The van der Waals surface area contributed by atoms with Crippen LogP contribution < -0.4 is 19.5 Å². The lowest BCUT2D eigenvalue weighted by molar-refractivity contribution is -0.119. The van der Waals surface area contributed by atoms with Gasteiger partial charge < -0.3 is 24.3 Å². The van der Waals surface area contributed by atoms with Gasteiger partial charge in [-0.15, -0.1) is 11.8 Å². The summed E-state index contributed by atoms with van der Waals surface area (Å²) < 4.78 is 21.1. The van der Waals surface area contributed by atoms with E-state index in [9.17, 15) is 9.59 Å². The van der Waals surface area contributed by atoms with Crippen LogP contribution in [0.1, 0.15) is 21.5 Å². The van der Waals surface area contributed by atoms with E-state index in [1.807, 2.05) is 24.3 Å². The monoisotopic (exact) mass is 492 g/mol. The van der Waals surface area contributed by atoms with Crippen LogP contribution in [-0.2, 0) is 15.3 Å². The van der Waals surface area contributed by atoms with Gasteiger partial charge >= 0.3 is 5.97 Å². The number of nitriles is 1. The van der Waals surface area contributed by atoms with Gasteiger partial charge in [0.1, 0.15) is 0 Å². The Bertz CT molecular complexity index is 1210. The zero-order valence-electron chi connectivity index (χ0n) is 19.5. The van der Waals surface area contributed by atoms with E-state index in [4.69, 9.17) is 24.2 Å². The fourth-order valence-corrected chi connectivity index (χ4v) is 4.15. The van der Waals surface area contributed by atoms with Gasteiger partial charge in [-0.3, -0.25) is 4.79 Å². The fraction of sp³-hybridized carbons (Fsp3) is 0.192. The molecule has 0 aliphatic carbocycles. The van der Waals surface area contributed by atoms with Gasteiger partial charge in [0.25, 0.3) is 5.91 Å². The molecular weight excluding hydrogens is 468 g/mol. The Labute approximate surface area is 207 Å². The SMILES string of the molecule is COc1cc(NC(=O)COC(=O)c2ccccc2SCc2ccc(C#N)cc2)cc(OC)c1OC. The highest BCUT2D eigenvalue weighted by Crippen LogP contribution is 2.39. The molecule has 0 radical (unpaired) electrons. The lowest BCUT2D eigenvalue weighted by Gasteiger charge is -2.14. The molecular formula is C26H24N2O6S. The molecule has 0 aliphatic heterocycles. The highest BCUT2D eigenvalue weighted by atomic mass is 32.2. The second kappa shape index (κ2) is 12.3. The smallest absolute Gasteiger partial charge is 0.339 e. The molecule has 0 unspecified atom stereocenters. The normalized spacial score (nSPS) is 10.1. The molecule has 0 saturated carbocycles. The summed E-state index contributed by atoms with van der Waals surface area (Å²) in [6.45, 7) is -0.468. The Morgan fingerprint density at radius 2 is 1.60 bits per heavy atom. The first-order valence-corrected chi connectivity index (χ1v) is 11.5. The van der Waals surface area contributed by atoms with Crippen molar-refractivity contribution in [3.8, 4) is 23.3 Å². The zero-order valence-corrected chi connectivity index (χ0v) is 20.3. The maximum Gasteiger partial charge on any atom is 0.339 e. The van der Waals surface area contributed by atoms with Gasteiger partial charge in [0.05, 0.1) is 38.5 Å². The van der Waals surface area contributed by atoms with Crippen LogP contribution in [0.2, 0.25) is 0 Å². The summed E-state index contributed by atoms with van der Waals surface area (Å²) in [5.74, 6) is 0.648. The van der Waals surface area contributed by atoms with Crippen molar-refractivity contribution in [1.82, 2.24) is 0 Å². The average Bonchev–Trinajstić information content (AvgIpc) is 2.90. The molecule has 3 aromatic rings. The summed E-state index contributed by atoms with van der Waals surface area (Å²) in [6.07, 6.45) is 0. The number of carbonyl (C=O) groups is 2. The van der Waals surface area contributed by atoms with Crippen molar-refractivity contribution in [2.45, 2.75) is 10.6 Å². The molecule has 3 aromatic carbocycles. The lowest BCUT2D eigenvalue weighted by atomic mass is 10.2. The topological polar surface area (TPSA) is 107 Å². The van der Waals surface area contributed by atoms with Crippen molar-refractivity contribution in [2.75, 3.05) is 33.3 Å². The molecule has 0 heterocycles. The number of esters is 1. The quantitative estimate of drug-likeness (QED) is 0.321. The van der Waals surface area contributed by atoms with Crippen molar-refractivity contribution < 1.29 is 28.5 Å². The van der Waals surface area contributed by atoms with Gasteiger partial charge in [-0.05, 0) is 29.8 Å². The molecule has 35 heavy (non-hydrogen) atoms. The molecule has 8 nitrogen and oxygen atoms in total. The molecule has 3 rings (SSSR count). The number of carbonyl (C=O) groups excluding carboxylic acids is 2. The first-order chi connectivity index (χ1) is 17.0. The molecule has 9 heteroatoms. The van der Waals surface area contributed by atoms with E-state index in [1.165, 1.54) is 33.1 Å². The number of nitrogens with one attached hydrogen (secondary N) is 1. The van der Waals surface area contributed by atoms with Crippen LogP contribution in [0.5, 0.6) is 17.2 Å². The minimum absolute atomic E-state index is 0.367. The van der Waals surface area contributed by atoms with Crippen molar-refractivity contribution in [3.63, 3.8) is 0 Å². The standard InChI is InChI=1S/C26H24N2O6S/c1-31-21-12-19(13-22(32-2)25(21)33-3)28-24(29)15-34-26(30)20-6-4-5-7-23(20)35-16-18-10-8-17(14-27)9-11-18/h4-13H,15-16H2,1-3H3,(H,28,29). The van der Waals surface area contributed by atoms with E-state index in [0.29, 0.717) is 39.8 Å². The van der Waals surface area contributed by atoms with Crippen molar-refractivity contribution in [3.05, 3.63) is 77.4 Å². The Balaban J connectivity index is 1.61. The maximum absolute atomic E-state index is 12.7. The third kappa shape index (κ3) is 6.68. The van der Waals surface area contributed by atoms with Gasteiger partial charge in [-0.25, -0.2) is 4.79 Å². The van der Waals surface area contributed by atoms with Gasteiger partial charge in [-0.2, -0.15) is 5.26 Å². The number of ether oxygens (including phenoxy) is 4. The van der Waals surface area contributed by atoms with Crippen molar-refractivity contribution >= 4 is 29.3 Å². The summed E-state index contributed by atoms with van der Waals surface area (Å²) >= 11 is 1.47. The number of thioether (sulfide) groups is 1. The van der Waals surface area contributed by atoms with Gasteiger partial charge in [0.15, 0.2) is 18.1 Å². The number of hydrogen-bond acceptors (Lipinski definition) is 8. The summed E-state index contributed by atoms with van der Waals surface area (Å²) in [6, 6.07) is 19.5. The molecule has 0 spiro atoms. The third-order valence-corrected chi connectivity index (χ3v) is 6.01. The van der Waals surface area contributed by atoms with Gasteiger partial charge in [0.2, 0.25) is 5.75 Å². The minimum Gasteiger partial charge on any atom is -0.493 e. The second-order valence-corrected chi connectivity index (χ2v) is 8.15. The fourth-order valence-electron chi connectivity index (χ4n) is 3.16. The molecule has 180 valence electrons. The van der Waals surface area contributed by atoms with Crippen LogP contribution in [0.4, 0.5) is 5.69 Å². The van der Waals surface area contributed by atoms with Crippen LogP contribution in [-0.4, -0.2) is 39.8 Å². The number of nitrogens with zero attached hydrogens (tertiary/aromatic N) is 1. The Morgan fingerprint density at radius 3 is 2.20 bits per heavy atom. The average molecular weight is 493 g/mol. The van der Waals surface area contributed by atoms with Crippen molar-refractivity contribution in [2.24, 2.45) is 0 Å². The number of benzene rings is 3. The largest absolute Gasteiger partial charge is 0.493 e. The number of anilines is 1. The van der Waals surface area contributed by atoms with E-state index >= 15 is 0 Å². The van der Waals surface area contributed by atoms with Gasteiger partial charge in [-0.1, -0.05) is 24.3 Å². The predicted octanol–water partition coefficient (Wildman–Crippen LogP) is 4.67. The molecule has 0 fully saturated rings. The molecule has 0 bridgehead atoms. The number of rotatable bonds is 10. The van der Waals surface area contributed by atoms with Crippen LogP contribution >= 0.6 is 11.8 Å². The summed E-state index contributed by atoms with van der Waals surface area (Å²) in [5.41, 5.74) is 2.38. The van der Waals surface area contributed by atoms with E-state index < -0.39 is 18.5 Å². The highest BCUT2D eigenvalue weighted by molar-refractivity contribution is 7.98. The van der Waals surface area contributed by atoms with Crippen LogP contribution in [0.15, 0.2) is 65.6 Å². The Hall–Kier alpha value is -4.16. The first kappa shape index (κ1) is 25.5. The number of methoxy groups -OCH3 is 3. The van der Waals surface area contributed by atoms with Crippen LogP contribution in [0.25, 0.3) is 0 Å². The Morgan fingerprint density at radius 1 is 0.943 bits per heavy atom. The lowest BCUT2D eigenvalue weighted by Crippen LogP contribution is -2.21. The maximum atomic E-state index is 12.7. The molecule has 1 amide bonds. The van der Waals surface area contributed by atoms with Crippen molar-refractivity contribution in [1.29, 1.82) is 5.26 Å². The molecule has 0 saturated heterocycles. The second-order valence-electron chi connectivity index (χ2n) is 7.13. The predicted molar refractivity (Wildman–Crippen MR) is 132 cm³/mol. The molecule has 1 N–H and O–H groups in total. The third-order valence-electron chi connectivity index (χ3n) is 4.87. The van der Waals surface area contributed by atoms with E-state index in [0.717, 1.165) is 10.5 Å². The molecule has 0 aliphatic rings. The van der Waals surface area contributed by atoms with E-state index in [1.54, 1.807) is 36.4 Å². The first-order valence-electron chi connectivity index (χ1n) is 10.5. The van der Waals surface area contributed by atoms with E-state index in [2.05, 4.69) is 11.4 Å². The molecule has 0 aromatic heterocycles. The van der Waals surface area contributed by atoms with Gasteiger partial charge in [0, 0.05) is 28.5 Å². The summed E-state index contributed by atoms with van der Waals surface area (Å²) in [5, 5.41) is 11.6. The van der Waals surface area contributed by atoms with Crippen LogP contribution in [0.3, 0.4) is 0 Å². The Kier molecular flexibility index (Phi) is 8.98. The number of hydrogen-bond donors (Lipinski definition) is 1. The highest BCUT2D eigenvalue weighted by Gasteiger charge is 2.17. The van der Waals surface area contributed by atoms with E-state index in [-0.39, 0.29) is 0 Å². The number of amides is 1.